The van der Waals surface area contributed by atoms with Crippen molar-refractivity contribution in [2.75, 3.05) is 0 Å². The lowest BCUT2D eigenvalue weighted by molar-refractivity contribution is 0.403. The van der Waals surface area contributed by atoms with Gasteiger partial charge < -0.3 is 0 Å². The number of benzene rings is 2. The Balaban J connectivity index is 2.07. The molecule has 0 bridgehead atoms. The lowest BCUT2D eigenvalue weighted by Crippen LogP contribution is -2.18. The molecule has 0 spiro atoms. The Kier molecular flexibility index (Phi) is 2.46. The van der Waals surface area contributed by atoms with E-state index in [9.17, 15) is 0 Å². The number of hydrogen-bond donors (Lipinski definition) is 0. The van der Waals surface area contributed by atoms with Crippen LogP contribution in [-0.4, -0.2) is 0 Å². The van der Waals surface area contributed by atoms with Gasteiger partial charge in [0.25, 0.3) is 0 Å². The molecule has 2 aliphatic rings. The van der Waals surface area contributed by atoms with Crippen LogP contribution in [0.15, 0.2) is 36.4 Å². The Hall–Kier alpha value is -1.56. The maximum Gasteiger partial charge on any atom is 0.0158 e. The van der Waals surface area contributed by atoms with Gasteiger partial charge in [-0.1, -0.05) is 71.9 Å². The summed E-state index contributed by atoms with van der Waals surface area (Å²) in [4.78, 5) is 0. The van der Waals surface area contributed by atoms with Gasteiger partial charge in [0.1, 0.15) is 0 Å². The normalized spacial score (nSPS) is 22.1. The molecular weight excluding hydrogens is 264 g/mol. The van der Waals surface area contributed by atoms with Crippen molar-refractivity contribution in [3.63, 3.8) is 0 Å². The first-order chi connectivity index (χ1) is 10.1. The molecule has 4 rings (SSSR count). The van der Waals surface area contributed by atoms with E-state index in [1.165, 1.54) is 28.7 Å². The van der Waals surface area contributed by atoms with Crippen LogP contribution in [0.2, 0.25) is 0 Å². The van der Waals surface area contributed by atoms with Crippen molar-refractivity contribution in [2.24, 2.45) is 0 Å². The van der Waals surface area contributed by atoms with Crippen LogP contribution < -0.4 is 0 Å². The van der Waals surface area contributed by atoms with Gasteiger partial charge in [-0.05, 0) is 56.7 Å². The molecule has 0 unspecified atom stereocenters. The summed E-state index contributed by atoms with van der Waals surface area (Å²) >= 11 is 0. The highest BCUT2D eigenvalue weighted by molar-refractivity contribution is 5.82. The summed E-state index contributed by atoms with van der Waals surface area (Å²) in [7, 11) is 0. The zero-order chi connectivity index (χ0) is 15.9. The van der Waals surface area contributed by atoms with Crippen LogP contribution in [0, 0.1) is 0 Å². The van der Waals surface area contributed by atoms with Gasteiger partial charge in [0.15, 0.2) is 0 Å². The van der Waals surface area contributed by atoms with E-state index in [2.05, 4.69) is 77.9 Å². The quantitative estimate of drug-likeness (QED) is 0.562. The molecule has 0 nitrogen and oxygen atoms in total. The van der Waals surface area contributed by atoms with Crippen molar-refractivity contribution in [3.8, 4) is 11.1 Å². The zero-order valence-corrected chi connectivity index (χ0v) is 14.7. The van der Waals surface area contributed by atoms with Crippen molar-refractivity contribution in [3.05, 3.63) is 58.7 Å². The second-order valence-electron chi connectivity index (χ2n) is 9.06. The summed E-state index contributed by atoms with van der Waals surface area (Å²) in [5.41, 5.74) is 9.68. The Morgan fingerprint density at radius 3 is 1.91 bits per heavy atom. The third kappa shape index (κ3) is 1.59. The predicted molar refractivity (Wildman–Crippen MR) is 94.7 cm³/mol. The van der Waals surface area contributed by atoms with Gasteiger partial charge in [-0.15, -0.1) is 0 Å². The second-order valence-corrected chi connectivity index (χ2v) is 9.06. The molecule has 0 aliphatic heterocycles. The van der Waals surface area contributed by atoms with Gasteiger partial charge in [0.05, 0.1) is 0 Å². The SMILES string of the molecule is CC1(C)CC(C)(C)c2cc3c(cc21)-c1ccccc1C3(C)C. The van der Waals surface area contributed by atoms with Crippen LogP contribution in [0.4, 0.5) is 0 Å². The fraction of sp³-hybridized carbons (Fsp3) is 0.455. The van der Waals surface area contributed by atoms with Gasteiger partial charge in [-0.2, -0.15) is 0 Å². The Morgan fingerprint density at radius 1 is 0.636 bits per heavy atom. The second kappa shape index (κ2) is 3.85. The largest absolute Gasteiger partial charge is 0.0619 e. The molecule has 0 heterocycles. The monoisotopic (exact) mass is 290 g/mol. The summed E-state index contributed by atoms with van der Waals surface area (Å²) in [6, 6.07) is 14.0. The molecular formula is C22H26. The van der Waals surface area contributed by atoms with Crippen molar-refractivity contribution in [1.82, 2.24) is 0 Å². The molecule has 0 amide bonds. The van der Waals surface area contributed by atoms with Crippen molar-refractivity contribution >= 4 is 0 Å². The highest BCUT2D eigenvalue weighted by atomic mass is 14.5. The van der Waals surface area contributed by atoms with Crippen LogP contribution in [0.25, 0.3) is 11.1 Å². The summed E-state index contributed by atoms with van der Waals surface area (Å²) in [6.07, 6.45) is 1.24. The number of rotatable bonds is 0. The van der Waals surface area contributed by atoms with Crippen molar-refractivity contribution in [1.29, 1.82) is 0 Å². The molecule has 0 saturated carbocycles. The van der Waals surface area contributed by atoms with Crippen LogP contribution in [0.3, 0.4) is 0 Å². The van der Waals surface area contributed by atoms with Crippen LogP contribution in [0.1, 0.15) is 70.2 Å². The molecule has 0 atom stereocenters. The maximum absolute atomic E-state index is 2.53. The Labute approximate surface area is 134 Å². The molecule has 22 heavy (non-hydrogen) atoms. The summed E-state index contributed by atoms with van der Waals surface area (Å²) in [5, 5.41) is 0. The molecule has 0 fully saturated rings. The number of fused-ring (bicyclic) bond motifs is 4. The Morgan fingerprint density at radius 2 is 1.23 bits per heavy atom. The van der Waals surface area contributed by atoms with Gasteiger partial charge in [0, 0.05) is 5.41 Å². The standard InChI is InChI=1S/C22H26/c1-20(2)13-21(3,4)19-12-17-15(11-18(19)20)14-9-7-8-10-16(14)22(17,5)6/h7-12H,13H2,1-6H3. The predicted octanol–water partition coefficient (Wildman–Crippen LogP) is 5.95. The van der Waals surface area contributed by atoms with Gasteiger partial charge >= 0.3 is 0 Å². The molecule has 114 valence electrons. The van der Waals surface area contributed by atoms with Crippen molar-refractivity contribution < 1.29 is 0 Å². The van der Waals surface area contributed by atoms with Crippen LogP contribution >= 0.6 is 0 Å². The molecule has 2 aromatic rings. The summed E-state index contributed by atoms with van der Waals surface area (Å²) < 4.78 is 0. The van der Waals surface area contributed by atoms with E-state index >= 15 is 0 Å². The minimum Gasteiger partial charge on any atom is -0.0619 e. The first-order valence-electron chi connectivity index (χ1n) is 8.44. The zero-order valence-electron chi connectivity index (χ0n) is 14.7. The summed E-state index contributed by atoms with van der Waals surface area (Å²) in [6.45, 7) is 14.4. The maximum atomic E-state index is 2.53. The van der Waals surface area contributed by atoms with E-state index in [0.29, 0.717) is 0 Å². The van der Waals surface area contributed by atoms with E-state index in [0.717, 1.165) is 0 Å². The first-order valence-corrected chi connectivity index (χ1v) is 8.44. The molecule has 0 radical (unpaired) electrons. The van der Waals surface area contributed by atoms with Crippen molar-refractivity contribution in [2.45, 2.75) is 64.2 Å². The Bertz CT molecular complexity index is 788. The van der Waals surface area contributed by atoms with Gasteiger partial charge in [-0.3, -0.25) is 0 Å². The lowest BCUT2D eigenvalue weighted by Gasteiger charge is -2.25. The average Bonchev–Trinajstić information content (AvgIpc) is 2.76. The average molecular weight is 290 g/mol. The first kappa shape index (κ1) is 14.1. The topological polar surface area (TPSA) is 0 Å². The fourth-order valence-electron chi connectivity index (χ4n) is 5.16. The molecule has 0 aromatic heterocycles. The molecule has 0 heteroatoms. The van der Waals surface area contributed by atoms with Gasteiger partial charge in [0.2, 0.25) is 0 Å². The highest BCUT2D eigenvalue weighted by Crippen LogP contribution is 2.55. The van der Waals surface area contributed by atoms with Gasteiger partial charge in [-0.25, -0.2) is 0 Å². The lowest BCUT2D eigenvalue weighted by atomic mass is 9.79. The van der Waals surface area contributed by atoms with Crippen LogP contribution in [0.5, 0.6) is 0 Å². The number of hydrogen-bond acceptors (Lipinski definition) is 0. The molecule has 2 aliphatic carbocycles. The van der Waals surface area contributed by atoms with E-state index in [4.69, 9.17) is 0 Å². The van der Waals surface area contributed by atoms with E-state index in [-0.39, 0.29) is 16.2 Å². The third-order valence-electron chi connectivity index (χ3n) is 6.06. The van der Waals surface area contributed by atoms with E-state index in [1.807, 2.05) is 0 Å². The highest BCUT2D eigenvalue weighted by Gasteiger charge is 2.45. The van der Waals surface area contributed by atoms with E-state index < -0.39 is 0 Å². The van der Waals surface area contributed by atoms with Crippen LogP contribution in [-0.2, 0) is 16.2 Å². The smallest absolute Gasteiger partial charge is 0.0158 e. The fourth-order valence-corrected chi connectivity index (χ4v) is 5.16. The minimum absolute atomic E-state index is 0.115. The van der Waals surface area contributed by atoms with E-state index in [1.54, 1.807) is 11.1 Å². The summed E-state index contributed by atoms with van der Waals surface area (Å²) in [5.74, 6) is 0. The molecule has 0 N–H and O–H groups in total. The third-order valence-corrected chi connectivity index (χ3v) is 6.06. The molecule has 0 saturated heterocycles. The molecule has 2 aromatic carbocycles. The minimum atomic E-state index is 0.115.